The minimum Gasteiger partial charge on any atom is -0.377 e. The van der Waals surface area contributed by atoms with Gasteiger partial charge < -0.3 is 15.4 Å². The Morgan fingerprint density at radius 2 is 2.09 bits per heavy atom. The van der Waals surface area contributed by atoms with E-state index in [2.05, 4.69) is 37.5 Å². The Labute approximate surface area is 133 Å². The number of carbonyl (C=O) groups is 1. The molecule has 1 heterocycles. The lowest BCUT2D eigenvalue weighted by Gasteiger charge is -2.23. The van der Waals surface area contributed by atoms with E-state index < -0.39 is 0 Å². The third-order valence-corrected chi connectivity index (χ3v) is 3.93. The standard InChI is InChI=1S/C18H28N2O2/c1-18(2,3)15-8-4-5-9-16(15)20-17(21)10-11-19-13-14-7-6-12-22-14/h4-5,8-9,14,19H,6-7,10-13H2,1-3H3,(H,20,21). The average Bonchev–Trinajstić information content (AvgIpc) is 2.96. The van der Waals surface area contributed by atoms with Crippen LogP contribution in [0.15, 0.2) is 24.3 Å². The molecule has 1 aliphatic rings. The van der Waals surface area contributed by atoms with Crippen molar-refractivity contribution in [3.05, 3.63) is 29.8 Å². The third kappa shape index (κ3) is 5.11. The zero-order chi connectivity index (χ0) is 16.0. The minimum absolute atomic E-state index is 0.0158. The zero-order valence-electron chi connectivity index (χ0n) is 13.9. The quantitative estimate of drug-likeness (QED) is 0.794. The van der Waals surface area contributed by atoms with Crippen LogP contribution in [0.5, 0.6) is 0 Å². The van der Waals surface area contributed by atoms with E-state index in [9.17, 15) is 4.79 Å². The molecule has 1 aliphatic heterocycles. The summed E-state index contributed by atoms with van der Waals surface area (Å²) in [6, 6.07) is 8.02. The molecule has 1 unspecified atom stereocenters. The summed E-state index contributed by atoms with van der Waals surface area (Å²) in [5, 5.41) is 6.34. The highest BCUT2D eigenvalue weighted by molar-refractivity contribution is 5.91. The molecule has 0 bridgehead atoms. The Kier molecular flexibility index (Phi) is 5.98. The molecule has 1 aromatic carbocycles. The third-order valence-electron chi connectivity index (χ3n) is 3.93. The van der Waals surface area contributed by atoms with E-state index in [0.29, 0.717) is 19.1 Å². The molecule has 0 radical (unpaired) electrons. The Morgan fingerprint density at radius 1 is 1.32 bits per heavy atom. The number of benzene rings is 1. The van der Waals surface area contributed by atoms with E-state index in [1.807, 2.05) is 18.2 Å². The van der Waals surface area contributed by atoms with E-state index in [1.165, 1.54) is 0 Å². The molecule has 4 heteroatoms. The van der Waals surface area contributed by atoms with Crippen LogP contribution in [0.4, 0.5) is 5.69 Å². The highest BCUT2D eigenvalue weighted by Gasteiger charge is 2.18. The number of nitrogens with one attached hydrogen (secondary N) is 2. The molecular formula is C18H28N2O2. The van der Waals surface area contributed by atoms with Crippen LogP contribution in [-0.2, 0) is 14.9 Å². The highest BCUT2D eigenvalue weighted by Crippen LogP contribution is 2.29. The van der Waals surface area contributed by atoms with E-state index in [1.54, 1.807) is 0 Å². The van der Waals surface area contributed by atoms with Crippen LogP contribution in [-0.4, -0.2) is 31.7 Å². The van der Waals surface area contributed by atoms with Gasteiger partial charge in [-0.1, -0.05) is 39.0 Å². The summed E-state index contributed by atoms with van der Waals surface area (Å²) >= 11 is 0. The molecule has 1 atom stereocenters. The lowest BCUT2D eigenvalue weighted by atomic mass is 9.86. The molecule has 2 rings (SSSR count). The fourth-order valence-electron chi connectivity index (χ4n) is 2.73. The van der Waals surface area contributed by atoms with Crippen LogP contribution < -0.4 is 10.6 Å². The average molecular weight is 304 g/mol. The summed E-state index contributed by atoms with van der Waals surface area (Å²) in [5.74, 6) is 0.0524. The van der Waals surface area contributed by atoms with Crippen molar-refractivity contribution >= 4 is 11.6 Å². The van der Waals surface area contributed by atoms with E-state index >= 15 is 0 Å². The minimum atomic E-state index is 0.0158. The predicted octanol–water partition coefficient (Wildman–Crippen LogP) is 3.08. The Hall–Kier alpha value is -1.39. The zero-order valence-corrected chi connectivity index (χ0v) is 13.9. The van der Waals surface area contributed by atoms with Crippen molar-refractivity contribution < 1.29 is 9.53 Å². The van der Waals surface area contributed by atoms with Gasteiger partial charge >= 0.3 is 0 Å². The number of hydrogen-bond acceptors (Lipinski definition) is 3. The van der Waals surface area contributed by atoms with Crippen LogP contribution >= 0.6 is 0 Å². The number of amides is 1. The fourth-order valence-corrected chi connectivity index (χ4v) is 2.73. The Bertz CT molecular complexity index is 488. The summed E-state index contributed by atoms with van der Waals surface area (Å²) in [7, 11) is 0. The predicted molar refractivity (Wildman–Crippen MR) is 90.2 cm³/mol. The van der Waals surface area contributed by atoms with Crippen LogP contribution in [0.1, 0.15) is 45.6 Å². The molecule has 22 heavy (non-hydrogen) atoms. The molecule has 122 valence electrons. The van der Waals surface area contributed by atoms with Gasteiger partial charge in [-0.05, 0) is 29.9 Å². The van der Waals surface area contributed by atoms with Gasteiger partial charge in [0.05, 0.1) is 6.10 Å². The van der Waals surface area contributed by atoms with Gasteiger partial charge in [0.15, 0.2) is 0 Å². The largest absolute Gasteiger partial charge is 0.377 e. The molecule has 2 N–H and O–H groups in total. The molecular weight excluding hydrogens is 276 g/mol. The van der Waals surface area contributed by atoms with Crippen LogP contribution in [0.2, 0.25) is 0 Å². The molecule has 1 saturated heterocycles. The van der Waals surface area contributed by atoms with Crippen LogP contribution in [0.25, 0.3) is 0 Å². The topological polar surface area (TPSA) is 50.4 Å². The first-order valence-electron chi connectivity index (χ1n) is 8.18. The van der Waals surface area contributed by atoms with Gasteiger partial charge in [-0.15, -0.1) is 0 Å². The SMILES string of the molecule is CC(C)(C)c1ccccc1NC(=O)CCNCC1CCCO1. The maximum absolute atomic E-state index is 12.1. The molecule has 1 fully saturated rings. The van der Waals surface area contributed by atoms with Crippen molar-refractivity contribution in [3.63, 3.8) is 0 Å². The van der Waals surface area contributed by atoms with E-state index in [-0.39, 0.29) is 11.3 Å². The number of para-hydroxylation sites is 1. The van der Waals surface area contributed by atoms with Crippen LogP contribution in [0.3, 0.4) is 0 Å². The second-order valence-electron chi connectivity index (χ2n) is 6.93. The van der Waals surface area contributed by atoms with Crippen molar-refractivity contribution in [1.29, 1.82) is 0 Å². The number of anilines is 1. The first-order chi connectivity index (χ1) is 10.5. The molecule has 1 amide bonds. The summed E-state index contributed by atoms with van der Waals surface area (Å²) in [5.41, 5.74) is 2.09. The first-order valence-corrected chi connectivity index (χ1v) is 8.18. The molecule has 1 aromatic rings. The number of ether oxygens (including phenoxy) is 1. The Morgan fingerprint density at radius 3 is 2.77 bits per heavy atom. The molecule has 0 spiro atoms. The lowest BCUT2D eigenvalue weighted by molar-refractivity contribution is -0.116. The number of carbonyl (C=O) groups excluding carboxylic acids is 1. The van der Waals surface area contributed by atoms with Gasteiger partial charge in [0.25, 0.3) is 0 Å². The highest BCUT2D eigenvalue weighted by atomic mass is 16.5. The maximum atomic E-state index is 12.1. The lowest BCUT2D eigenvalue weighted by Crippen LogP contribution is -2.29. The summed E-state index contributed by atoms with van der Waals surface area (Å²) in [6.45, 7) is 8.86. The normalized spacial score (nSPS) is 18.4. The van der Waals surface area contributed by atoms with Gasteiger partial charge in [0, 0.05) is 31.8 Å². The number of rotatable bonds is 6. The fraction of sp³-hybridized carbons (Fsp3) is 0.611. The molecule has 0 aliphatic carbocycles. The van der Waals surface area contributed by atoms with Crippen LogP contribution in [0, 0.1) is 0 Å². The van der Waals surface area contributed by atoms with Crippen molar-refractivity contribution in [1.82, 2.24) is 5.32 Å². The maximum Gasteiger partial charge on any atom is 0.225 e. The van der Waals surface area contributed by atoms with Crippen molar-refractivity contribution in [2.45, 2.75) is 51.6 Å². The van der Waals surface area contributed by atoms with Gasteiger partial charge in [-0.3, -0.25) is 4.79 Å². The summed E-state index contributed by atoms with van der Waals surface area (Å²) in [6.07, 6.45) is 3.07. The van der Waals surface area contributed by atoms with Crippen molar-refractivity contribution in [3.8, 4) is 0 Å². The van der Waals surface area contributed by atoms with Gasteiger partial charge in [0.2, 0.25) is 5.91 Å². The first kappa shape index (κ1) is 17.0. The number of hydrogen-bond donors (Lipinski definition) is 2. The monoisotopic (exact) mass is 304 g/mol. The smallest absolute Gasteiger partial charge is 0.225 e. The van der Waals surface area contributed by atoms with Gasteiger partial charge in [0.1, 0.15) is 0 Å². The second kappa shape index (κ2) is 7.75. The molecule has 4 nitrogen and oxygen atoms in total. The van der Waals surface area contributed by atoms with Crippen molar-refractivity contribution in [2.24, 2.45) is 0 Å². The van der Waals surface area contributed by atoms with Gasteiger partial charge in [-0.2, -0.15) is 0 Å². The Balaban J connectivity index is 1.77. The van der Waals surface area contributed by atoms with E-state index in [0.717, 1.165) is 37.2 Å². The van der Waals surface area contributed by atoms with Crippen molar-refractivity contribution in [2.75, 3.05) is 25.0 Å². The van der Waals surface area contributed by atoms with Gasteiger partial charge in [-0.25, -0.2) is 0 Å². The molecule has 0 aromatic heterocycles. The molecule has 0 saturated carbocycles. The summed E-state index contributed by atoms with van der Waals surface area (Å²) in [4.78, 5) is 12.1. The summed E-state index contributed by atoms with van der Waals surface area (Å²) < 4.78 is 5.55. The van der Waals surface area contributed by atoms with E-state index in [4.69, 9.17) is 4.74 Å². The second-order valence-corrected chi connectivity index (χ2v) is 6.93.